The van der Waals surface area contributed by atoms with Gasteiger partial charge in [0.2, 0.25) is 0 Å². The topological polar surface area (TPSA) is 76.1 Å². The van der Waals surface area contributed by atoms with Gasteiger partial charge in [0, 0.05) is 12.1 Å². The summed E-state index contributed by atoms with van der Waals surface area (Å²) < 4.78 is 44.3. The fraction of sp³-hybridized carbons (Fsp3) is 0.450. The number of amides is 1. The third-order valence-corrected chi connectivity index (χ3v) is 4.96. The summed E-state index contributed by atoms with van der Waals surface area (Å²) in [5, 5.41) is 6.14. The molecule has 2 aromatic rings. The average Bonchev–Trinajstić information content (AvgIpc) is 3.14. The lowest BCUT2D eigenvalue weighted by atomic mass is 10.1. The Morgan fingerprint density at radius 1 is 1.24 bits per heavy atom. The molecule has 6 nitrogen and oxygen atoms in total. The zero-order valence-corrected chi connectivity index (χ0v) is 16.2. The largest absolute Gasteiger partial charge is 0.496 e. The van der Waals surface area contributed by atoms with Gasteiger partial charge in [0.1, 0.15) is 17.3 Å². The minimum Gasteiger partial charge on any atom is -0.496 e. The van der Waals surface area contributed by atoms with E-state index in [2.05, 4.69) is 20.6 Å². The second-order valence-corrected chi connectivity index (χ2v) is 7.09. The third-order valence-electron chi connectivity index (χ3n) is 4.96. The van der Waals surface area contributed by atoms with Gasteiger partial charge in [0.15, 0.2) is 6.67 Å². The number of aromatic nitrogens is 2. The van der Waals surface area contributed by atoms with Gasteiger partial charge in [0.25, 0.3) is 5.91 Å². The molecule has 1 aliphatic rings. The summed E-state index contributed by atoms with van der Waals surface area (Å²) in [6.07, 6.45) is 4.45. The van der Waals surface area contributed by atoms with E-state index in [0.717, 1.165) is 37.2 Å². The lowest BCUT2D eigenvalue weighted by Crippen LogP contribution is -2.43. The number of methoxy groups -OCH3 is 1. The van der Waals surface area contributed by atoms with E-state index in [1.165, 1.54) is 7.11 Å². The molecule has 0 spiro atoms. The van der Waals surface area contributed by atoms with Crippen LogP contribution in [0.4, 0.5) is 19.0 Å². The van der Waals surface area contributed by atoms with Crippen LogP contribution >= 0.6 is 0 Å². The van der Waals surface area contributed by atoms with E-state index in [1.807, 2.05) is 13.0 Å². The van der Waals surface area contributed by atoms with Crippen molar-refractivity contribution in [3.8, 4) is 5.75 Å². The number of carbonyl (C=O) groups excluding carboxylic acids is 1. The van der Waals surface area contributed by atoms with Gasteiger partial charge >= 0.3 is 5.92 Å². The quantitative estimate of drug-likeness (QED) is 0.732. The maximum absolute atomic E-state index is 13.3. The standard InChI is InChI=1S/C20H23F3N4O2/c1-12-6-7-16(29-2)13(8-12)19(28)27-15-5-3-4-14(15)26-18-10-24-17(9-25-18)20(22,23)11-21/h6-10,14-15H,3-5,11H2,1-2H3,(H,25,26)(H,27,28)/t14-,15-/m0/s1. The van der Waals surface area contributed by atoms with E-state index in [1.54, 1.807) is 12.1 Å². The van der Waals surface area contributed by atoms with Crippen LogP contribution < -0.4 is 15.4 Å². The van der Waals surface area contributed by atoms with E-state index in [0.29, 0.717) is 17.1 Å². The number of rotatable bonds is 7. The van der Waals surface area contributed by atoms with E-state index < -0.39 is 18.3 Å². The fourth-order valence-corrected chi connectivity index (χ4v) is 3.40. The first kappa shape index (κ1) is 20.9. The summed E-state index contributed by atoms with van der Waals surface area (Å²) in [6, 6.07) is 5.09. The summed E-state index contributed by atoms with van der Waals surface area (Å²) in [4.78, 5) is 20.3. The van der Waals surface area contributed by atoms with Crippen LogP contribution in [0.1, 0.15) is 40.9 Å². The molecule has 0 unspecified atom stereocenters. The van der Waals surface area contributed by atoms with Crippen molar-refractivity contribution in [3.05, 3.63) is 47.4 Å². The predicted molar refractivity (Wildman–Crippen MR) is 102 cm³/mol. The van der Waals surface area contributed by atoms with Gasteiger partial charge in [-0.05, 0) is 38.3 Å². The molecule has 1 heterocycles. The van der Waals surface area contributed by atoms with E-state index >= 15 is 0 Å². The number of hydrogen-bond donors (Lipinski definition) is 2. The summed E-state index contributed by atoms with van der Waals surface area (Å²) in [5.74, 6) is -3.11. The maximum atomic E-state index is 13.3. The van der Waals surface area contributed by atoms with Crippen LogP contribution in [0.5, 0.6) is 5.75 Å². The minimum atomic E-state index is -3.65. The Morgan fingerprint density at radius 3 is 2.66 bits per heavy atom. The van der Waals surface area contributed by atoms with Crippen molar-refractivity contribution in [2.45, 2.75) is 44.2 Å². The minimum absolute atomic E-state index is 0.128. The molecule has 0 bridgehead atoms. The fourth-order valence-electron chi connectivity index (χ4n) is 3.40. The second kappa shape index (κ2) is 8.67. The summed E-state index contributed by atoms with van der Waals surface area (Å²) in [5.41, 5.74) is 0.682. The van der Waals surface area contributed by atoms with Gasteiger partial charge in [-0.1, -0.05) is 11.6 Å². The molecule has 1 aromatic carbocycles. The Kier molecular flexibility index (Phi) is 6.24. The molecule has 156 valence electrons. The smallest absolute Gasteiger partial charge is 0.318 e. The predicted octanol–water partition coefficient (Wildman–Crippen LogP) is 3.62. The zero-order valence-electron chi connectivity index (χ0n) is 16.2. The highest BCUT2D eigenvalue weighted by molar-refractivity contribution is 5.97. The molecule has 1 aliphatic carbocycles. The van der Waals surface area contributed by atoms with Gasteiger partial charge in [-0.2, -0.15) is 8.78 Å². The molecule has 1 fully saturated rings. The van der Waals surface area contributed by atoms with Crippen LogP contribution in [0.15, 0.2) is 30.6 Å². The van der Waals surface area contributed by atoms with Gasteiger partial charge in [-0.25, -0.2) is 14.4 Å². The third kappa shape index (κ3) is 4.78. The molecule has 3 rings (SSSR count). The molecule has 9 heteroatoms. The Hall–Kier alpha value is -2.84. The van der Waals surface area contributed by atoms with Crippen molar-refractivity contribution in [3.63, 3.8) is 0 Å². The first-order valence-electron chi connectivity index (χ1n) is 9.32. The van der Waals surface area contributed by atoms with Crippen LogP contribution in [-0.2, 0) is 5.92 Å². The van der Waals surface area contributed by atoms with Crippen molar-refractivity contribution in [2.24, 2.45) is 0 Å². The first-order chi connectivity index (χ1) is 13.8. The molecule has 0 aliphatic heterocycles. The summed E-state index contributed by atoms with van der Waals surface area (Å²) >= 11 is 0. The van der Waals surface area contributed by atoms with Gasteiger partial charge < -0.3 is 15.4 Å². The number of ether oxygens (including phenoxy) is 1. The van der Waals surface area contributed by atoms with Gasteiger partial charge in [0.05, 0.1) is 25.1 Å². The van der Waals surface area contributed by atoms with Gasteiger partial charge in [-0.3, -0.25) is 4.79 Å². The summed E-state index contributed by atoms with van der Waals surface area (Å²) in [7, 11) is 1.51. The monoisotopic (exact) mass is 408 g/mol. The van der Waals surface area contributed by atoms with E-state index in [4.69, 9.17) is 4.74 Å². The zero-order chi connectivity index (χ0) is 21.0. The molecule has 1 saturated carbocycles. The lowest BCUT2D eigenvalue weighted by molar-refractivity contribution is -0.0324. The second-order valence-electron chi connectivity index (χ2n) is 7.09. The number of halogens is 3. The molecule has 0 saturated heterocycles. The number of alkyl halides is 3. The molecule has 2 N–H and O–H groups in total. The highest BCUT2D eigenvalue weighted by atomic mass is 19.3. The summed E-state index contributed by atoms with van der Waals surface area (Å²) in [6.45, 7) is 0.0680. The average molecular weight is 408 g/mol. The number of aryl methyl sites for hydroxylation is 1. The molecule has 2 atom stereocenters. The van der Waals surface area contributed by atoms with Crippen molar-refractivity contribution < 1.29 is 22.7 Å². The molecule has 1 aromatic heterocycles. The number of nitrogens with one attached hydrogen (secondary N) is 2. The van der Waals surface area contributed by atoms with Crippen LogP contribution in [0.2, 0.25) is 0 Å². The van der Waals surface area contributed by atoms with Crippen molar-refractivity contribution in [2.75, 3.05) is 19.1 Å². The van der Waals surface area contributed by atoms with Crippen LogP contribution in [-0.4, -0.2) is 41.7 Å². The van der Waals surface area contributed by atoms with Crippen molar-refractivity contribution in [1.29, 1.82) is 0 Å². The molecular formula is C20H23F3N4O2. The highest BCUT2D eigenvalue weighted by Crippen LogP contribution is 2.28. The lowest BCUT2D eigenvalue weighted by Gasteiger charge is -2.23. The Bertz CT molecular complexity index is 861. The van der Waals surface area contributed by atoms with Crippen LogP contribution in [0.3, 0.4) is 0 Å². The molecule has 0 radical (unpaired) electrons. The van der Waals surface area contributed by atoms with Crippen molar-refractivity contribution in [1.82, 2.24) is 15.3 Å². The highest BCUT2D eigenvalue weighted by Gasteiger charge is 2.34. The van der Waals surface area contributed by atoms with Crippen LogP contribution in [0.25, 0.3) is 0 Å². The number of nitrogens with zero attached hydrogens (tertiary/aromatic N) is 2. The number of benzene rings is 1. The molecular weight excluding hydrogens is 385 g/mol. The number of anilines is 1. The van der Waals surface area contributed by atoms with E-state index in [9.17, 15) is 18.0 Å². The number of hydrogen-bond acceptors (Lipinski definition) is 5. The molecule has 1 amide bonds. The maximum Gasteiger partial charge on any atom is 0.318 e. The SMILES string of the molecule is COc1ccc(C)cc1C(=O)N[C@H]1CCC[C@@H]1Nc1cnc(C(F)(F)CF)cn1. The Balaban J connectivity index is 1.68. The molecule has 29 heavy (non-hydrogen) atoms. The van der Waals surface area contributed by atoms with Gasteiger partial charge in [-0.15, -0.1) is 0 Å². The Labute approximate surface area is 166 Å². The first-order valence-corrected chi connectivity index (χ1v) is 9.32. The number of carbonyl (C=O) groups is 1. The van der Waals surface area contributed by atoms with E-state index in [-0.39, 0.29) is 18.0 Å². The van der Waals surface area contributed by atoms with Crippen molar-refractivity contribution >= 4 is 11.7 Å². The van der Waals surface area contributed by atoms with Crippen LogP contribution in [0, 0.1) is 6.92 Å². The Morgan fingerprint density at radius 2 is 2.00 bits per heavy atom. The normalized spacial score (nSPS) is 19.1.